The molecule has 0 unspecified atom stereocenters. The molecule has 0 aromatic carbocycles. The van der Waals surface area contributed by atoms with Gasteiger partial charge in [-0.15, -0.1) is 0 Å². The van der Waals surface area contributed by atoms with Crippen molar-refractivity contribution in [2.45, 2.75) is 19.3 Å². The highest BCUT2D eigenvalue weighted by Gasteiger charge is 2.09. The van der Waals surface area contributed by atoms with Gasteiger partial charge in [-0.1, -0.05) is 0 Å². The number of ketones is 1. The van der Waals surface area contributed by atoms with E-state index in [0.717, 1.165) is 18.5 Å². The minimum absolute atomic E-state index is 0.119. The summed E-state index contributed by atoms with van der Waals surface area (Å²) in [6, 6.07) is 0. The summed E-state index contributed by atoms with van der Waals surface area (Å²) in [5.74, 6) is 0.119. The molecule has 2 aromatic heterocycles. The molecule has 0 spiro atoms. The second-order valence-corrected chi connectivity index (χ2v) is 3.86. The first kappa shape index (κ1) is 11.4. The van der Waals surface area contributed by atoms with Crippen LogP contribution in [0.15, 0.2) is 31.1 Å². The van der Waals surface area contributed by atoms with E-state index in [1.165, 1.54) is 0 Å². The van der Waals surface area contributed by atoms with Gasteiger partial charge in [0.1, 0.15) is 5.69 Å². The molecule has 0 aliphatic heterocycles. The van der Waals surface area contributed by atoms with Gasteiger partial charge in [0.15, 0.2) is 5.78 Å². The summed E-state index contributed by atoms with van der Waals surface area (Å²) in [5, 5.41) is 0. The smallest absolute Gasteiger partial charge is 0.180 e. The molecular weight excluding hydrogens is 216 g/mol. The van der Waals surface area contributed by atoms with Crippen molar-refractivity contribution in [3.05, 3.63) is 42.5 Å². The first-order chi connectivity index (χ1) is 8.27. The van der Waals surface area contributed by atoms with E-state index in [0.29, 0.717) is 12.1 Å². The molecule has 0 atom stereocenters. The lowest BCUT2D eigenvalue weighted by Gasteiger charge is -2.01. The third-order valence-corrected chi connectivity index (χ3v) is 2.56. The summed E-state index contributed by atoms with van der Waals surface area (Å²) in [6.07, 6.45) is 10.3. The Kier molecular flexibility index (Phi) is 3.59. The predicted octanol–water partition coefficient (Wildman–Crippen LogP) is 1.42. The first-order valence-corrected chi connectivity index (χ1v) is 5.52. The number of hydrogen-bond donors (Lipinski definition) is 0. The van der Waals surface area contributed by atoms with Gasteiger partial charge >= 0.3 is 0 Å². The molecule has 0 bridgehead atoms. The molecule has 2 rings (SSSR count). The summed E-state index contributed by atoms with van der Waals surface area (Å²) in [7, 11) is 1.82. The number of carbonyl (C=O) groups excluding carboxylic acids is 1. The molecule has 0 radical (unpaired) electrons. The number of aromatic nitrogens is 4. The Bertz CT molecular complexity index is 492. The van der Waals surface area contributed by atoms with Gasteiger partial charge in [0.05, 0.1) is 18.2 Å². The summed E-state index contributed by atoms with van der Waals surface area (Å²) >= 11 is 0. The summed E-state index contributed by atoms with van der Waals surface area (Å²) in [5.41, 5.74) is 1.58. The lowest BCUT2D eigenvalue weighted by molar-refractivity contribution is 0.0972. The van der Waals surface area contributed by atoms with Gasteiger partial charge in [0.25, 0.3) is 0 Å². The molecule has 5 nitrogen and oxygen atoms in total. The van der Waals surface area contributed by atoms with Crippen LogP contribution >= 0.6 is 0 Å². The topological polar surface area (TPSA) is 60.7 Å². The maximum Gasteiger partial charge on any atom is 0.180 e. The van der Waals surface area contributed by atoms with Gasteiger partial charge in [-0.2, -0.15) is 0 Å². The molecule has 0 aliphatic rings. The Morgan fingerprint density at radius 3 is 2.82 bits per heavy atom. The lowest BCUT2D eigenvalue weighted by atomic mass is 10.1. The zero-order valence-corrected chi connectivity index (χ0v) is 9.71. The fourth-order valence-electron chi connectivity index (χ4n) is 1.64. The van der Waals surface area contributed by atoms with Crippen LogP contribution in [0, 0.1) is 0 Å². The van der Waals surface area contributed by atoms with Crippen LogP contribution in [0.4, 0.5) is 0 Å². The highest BCUT2D eigenvalue weighted by molar-refractivity contribution is 5.94. The van der Waals surface area contributed by atoms with Crippen LogP contribution in [-0.4, -0.2) is 25.3 Å². The number of rotatable bonds is 5. The van der Waals surface area contributed by atoms with E-state index in [4.69, 9.17) is 0 Å². The van der Waals surface area contributed by atoms with E-state index in [1.807, 2.05) is 7.05 Å². The minimum Gasteiger partial charge on any atom is -0.331 e. The maximum absolute atomic E-state index is 11.8. The SMILES string of the molecule is Cn1cncc1C(=O)CCCc1cnccn1. The fourth-order valence-corrected chi connectivity index (χ4v) is 1.64. The number of nitrogens with zero attached hydrogens (tertiary/aromatic N) is 4. The van der Waals surface area contributed by atoms with E-state index in [9.17, 15) is 4.79 Å². The van der Waals surface area contributed by atoms with E-state index in [-0.39, 0.29) is 5.78 Å². The second kappa shape index (κ2) is 5.34. The second-order valence-electron chi connectivity index (χ2n) is 3.86. The number of imidazole rings is 1. The van der Waals surface area contributed by atoms with Gasteiger partial charge in [-0.3, -0.25) is 14.8 Å². The lowest BCUT2D eigenvalue weighted by Crippen LogP contribution is -2.05. The van der Waals surface area contributed by atoms with Crippen molar-refractivity contribution in [1.82, 2.24) is 19.5 Å². The first-order valence-electron chi connectivity index (χ1n) is 5.52. The molecule has 2 aromatic rings. The molecule has 0 saturated heterocycles. The Morgan fingerprint density at radius 1 is 1.29 bits per heavy atom. The Balaban J connectivity index is 1.84. The number of carbonyl (C=O) groups is 1. The zero-order chi connectivity index (χ0) is 12.1. The Labute approximate surface area is 99.6 Å². The summed E-state index contributed by atoms with van der Waals surface area (Å²) < 4.78 is 1.74. The summed E-state index contributed by atoms with van der Waals surface area (Å²) in [6.45, 7) is 0. The Morgan fingerprint density at radius 2 is 2.18 bits per heavy atom. The van der Waals surface area contributed by atoms with E-state index >= 15 is 0 Å². The standard InChI is InChI=1S/C12H14N4O/c1-16-9-14-8-11(16)12(17)4-2-3-10-7-13-5-6-15-10/h5-9H,2-4H2,1H3. The highest BCUT2D eigenvalue weighted by Crippen LogP contribution is 2.06. The van der Waals surface area contributed by atoms with Gasteiger partial charge in [0, 0.05) is 32.1 Å². The van der Waals surface area contributed by atoms with Crippen LogP contribution in [0.2, 0.25) is 0 Å². The zero-order valence-electron chi connectivity index (χ0n) is 9.71. The minimum atomic E-state index is 0.119. The highest BCUT2D eigenvalue weighted by atomic mass is 16.1. The third-order valence-electron chi connectivity index (χ3n) is 2.56. The van der Waals surface area contributed by atoms with Crippen LogP contribution in [-0.2, 0) is 13.5 Å². The molecule has 0 N–H and O–H groups in total. The van der Waals surface area contributed by atoms with Crippen molar-refractivity contribution in [1.29, 1.82) is 0 Å². The van der Waals surface area contributed by atoms with Crippen molar-refractivity contribution in [3.63, 3.8) is 0 Å². The van der Waals surface area contributed by atoms with Crippen molar-refractivity contribution < 1.29 is 4.79 Å². The molecule has 0 fully saturated rings. The number of Topliss-reactive ketones (excluding diaryl/α,β-unsaturated/α-hetero) is 1. The van der Waals surface area contributed by atoms with Crippen LogP contribution < -0.4 is 0 Å². The molecule has 5 heteroatoms. The van der Waals surface area contributed by atoms with E-state index < -0.39 is 0 Å². The largest absolute Gasteiger partial charge is 0.331 e. The van der Waals surface area contributed by atoms with Crippen LogP contribution in [0.1, 0.15) is 29.0 Å². The van der Waals surface area contributed by atoms with Gasteiger partial charge in [0.2, 0.25) is 0 Å². The van der Waals surface area contributed by atoms with Crippen molar-refractivity contribution in [3.8, 4) is 0 Å². The molecule has 88 valence electrons. The van der Waals surface area contributed by atoms with E-state index in [1.54, 1.807) is 35.7 Å². The quantitative estimate of drug-likeness (QED) is 0.729. The molecular formula is C12H14N4O. The predicted molar refractivity (Wildman–Crippen MR) is 62.5 cm³/mol. The van der Waals surface area contributed by atoms with Crippen LogP contribution in [0.25, 0.3) is 0 Å². The average molecular weight is 230 g/mol. The van der Waals surface area contributed by atoms with Gasteiger partial charge in [-0.25, -0.2) is 4.98 Å². The van der Waals surface area contributed by atoms with Crippen molar-refractivity contribution >= 4 is 5.78 Å². The molecule has 2 heterocycles. The average Bonchev–Trinajstić information content (AvgIpc) is 2.77. The molecule has 17 heavy (non-hydrogen) atoms. The fraction of sp³-hybridized carbons (Fsp3) is 0.333. The summed E-state index contributed by atoms with van der Waals surface area (Å²) in [4.78, 5) is 23.9. The van der Waals surface area contributed by atoms with Crippen LogP contribution in [0.5, 0.6) is 0 Å². The molecule has 0 amide bonds. The maximum atomic E-state index is 11.8. The molecule has 0 saturated carbocycles. The van der Waals surface area contributed by atoms with E-state index in [2.05, 4.69) is 15.0 Å². The van der Waals surface area contributed by atoms with Crippen molar-refractivity contribution in [2.75, 3.05) is 0 Å². The Hall–Kier alpha value is -2.04. The number of aryl methyl sites for hydroxylation is 2. The normalized spacial score (nSPS) is 10.4. The number of hydrogen-bond acceptors (Lipinski definition) is 4. The monoisotopic (exact) mass is 230 g/mol. The third kappa shape index (κ3) is 2.96. The van der Waals surface area contributed by atoms with Crippen LogP contribution in [0.3, 0.4) is 0 Å². The van der Waals surface area contributed by atoms with Crippen molar-refractivity contribution in [2.24, 2.45) is 7.05 Å². The van der Waals surface area contributed by atoms with Gasteiger partial charge < -0.3 is 4.57 Å². The van der Waals surface area contributed by atoms with Gasteiger partial charge in [-0.05, 0) is 12.8 Å². The molecule has 0 aliphatic carbocycles.